The molecule has 5 rings (SSSR count). The molecule has 3 heterocycles. The quantitative estimate of drug-likeness (QED) is 0.187. The minimum absolute atomic E-state index is 0.0267. The maximum atomic E-state index is 12.9. The number of hydrogen-bond donors (Lipinski definition) is 2. The van der Waals surface area contributed by atoms with Gasteiger partial charge in [0.2, 0.25) is 5.91 Å². The fourth-order valence-corrected chi connectivity index (χ4v) is 5.05. The van der Waals surface area contributed by atoms with Crippen LogP contribution in [0.25, 0.3) is 5.69 Å². The summed E-state index contributed by atoms with van der Waals surface area (Å²) in [4.78, 5) is 30.2. The summed E-state index contributed by atoms with van der Waals surface area (Å²) in [7, 11) is 0. The molecule has 1 saturated heterocycles. The number of anilines is 1. The zero-order valence-electron chi connectivity index (χ0n) is 20.7. The van der Waals surface area contributed by atoms with Gasteiger partial charge in [-0.3, -0.25) is 19.9 Å². The van der Waals surface area contributed by atoms with E-state index in [2.05, 4.69) is 15.6 Å². The Hall–Kier alpha value is -4.57. The van der Waals surface area contributed by atoms with Crippen LogP contribution in [0.1, 0.15) is 35.5 Å². The normalized spacial score (nSPS) is 16.8. The summed E-state index contributed by atoms with van der Waals surface area (Å²) in [5.74, 6) is -0.104. The van der Waals surface area contributed by atoms with Gasteiger partial charge in [-0.25, -0.2) is 0 Å². The van der Waals surface area contributed by atoms with Crippen LogP contribution in [0.15, 0.2) is 91.3 Å². The van der Waals surface area contributed by atoms with Crippen LogP contribution in [0.5, 0.6) is 0 Å². The number of para-hydroxylation sites is 1. The predicted molar refractivity (Wildman–Crippen MR) is 149 cm³/mol. The molecule has 10 heteroatoms. The topological polar surface area (TPSA) is 105 Å². The van der Waals surface area contributed by atoms with Crippen LogP contribution in [-0.2, 0) is 4.79 Å². The van der Waals surface area contributed by atoms with Crippen molar-refractivity contribution < 1.29 is 9.72 Å². The molecular formula is C28H26N6O3S. The molecule has 1 aliphatic heterocycles. The van der Waals surface area contributed by atoms with Gasteiger partial charge in [0, 0.05) is 54.6 Å². The van der Waals surface area contributed by atoms with Gasteiger partial charge in [-0.2, -0.15) is 0 Å². The van der Waals surface area contributed by atoms with Gasteiger partial charge in [-0.15, -0.1) is 0 Å². The summed E-state index contributed by atoms with van der Waals surface area (Å²) in [5.41, 5.74) is 4.33. The Balaban J connectivity index is 1.45. The molecule has 2 aromatic heterocycles. The van der Waals surface area contributed by atoms with Crippen molar-refractivity contribution in [2.24, 2.45) is 0 Å². The number of pyridine rings is 1. The van der Waals surface area contributed by atoms with Gasteiger partial charge in [0.15, 0.2) is 5.11 Å². The second kappa shape index (κ2) is 10.8. The van der Waals surface area contributed by atoms with Gasteiger partial charge in [-0.05, 0) is 67.2 Å². The molecule has 0 saturated carbocycles. The fourth-order valence-electron chi connectivity index (χ4n) is 4.72. The summed E-state index contributed by atoms with van der Waals surface area (Å²) >= 11 is 5.75. The van der Waals surface area contributed by atoms with Gasteiger partial charge in [-0.1, -0.05) is 24.3 Å². The number of carbonyl (C=O) groups excluding carboxylic acids is 1. The SMILES string of the molecule is Cc1ccccc1NC(=O)CCN1C(=S)NC(c2ccccn2)C1c1cccn1-c1ccc([N+](=O)[O-])cc1. The molecule has 38 heavy (non-hydrogen) atoms. The smallest absolute Gasteiger partial charge is 0.269 e. The van der Waals surface area contributed by atoms with E-state index in [4.69, 9.17) is 12.2 Å². The van der Waals surface area contributed by atoms with Crippen molar-refractivity contribution in [2.45, 2.75) is 25.4 Å². The molecule has 0 spiro atoms. The number of nitrogens with zero attached hydrogens (tertiary/aromatic N) is 4. The number of nitro benzene ring substituents is 1. The molecule has 2 N–H and O–H groups in total. The third kappa shape index (κ3) is 5.12. The van der Waals surface area contributed by atoms with Gasteiger partial charge in [0.05, 0.1) is 22.7 Å². The molecule has 1 fully saturated rings. The lowest BCUT2D eigenvalue weighted by Crippen LogP contribution is -2.33. The number of aromatic nitrogens is 2. The first-order valence-electron chi connectivity index (χ1n) is 12.2. The van der Waals surface area contributed by atoms with E-state index < -0.39 is 4.92 Å². The van der Waals surface area contributed by atoms with Crippen LogP contribution >= 0.6 is 12.2 Å². The Bertz CT molecular complexity index is 1470. The molecule has 4 aromatic rings. The second-order valence-electron chi connectivity index (χ2n) is 9.01. The van der Waals surface area contributed by atoms with E-state index in [0.29, 0.717) is 11.7 Å². The summed E-state index contributed by atoms with van der Waals surface area (Å²) in [6, 6.07) is 23.2. The summed E-state index contributed by atoms with van der Waals surface area (Å²) < 4.78 is 1.99. The fraction of sp³-hybridized carbons (Fsp3) is 0.179. The number of thiocarbonyl (C=S) groups is 1. The number of hydrogen-bond acceptors (Lipinski definition) is 5. The minimum Gasteiger partial charge on any atom is -0.352 e. The van der Waals surface area contributed by atoms with Crippen LogP contribution in [0.3, 0.4) is 0 Å². The lowest BCUT2D eigenvalue weighted by molar-refractivity contribution is -0.384. The highest BCUT2D eigenvalue weighted by Gasteiger charge is 2.41. The van der Waals surface area contributed by atoms with E-state index in [1.165, 1.54) is 12.1 Å². The van der Waals surface area contributed by atoms with Crippen molar-refractivity contribution in [2.75, 3.05) is 11.9 Å². The van der Waals surface area contributed by atoms with E-state index in [1.807, 2.05) is 77.2 Å². The molecule has 1 amide bonds. The largest absolute Gasteiger partial charge is 0.352 e. The van der Waals surface area contributed by atoms with Crippen molar-refractivity contribution in [3.05, 3.63) is 118 Å². The first-order valence-corrected chi connectivity index (χ1v) is 12.6. The maximum absolute atomic E-state index is 12.9. The van der Waals surface area contributed by atoms with Crippen molar-refractivity contribution >= 4 is 34.6 Å². The molecule has 2 aromatic carbocycles. The minimum atomic E-state index is -0.416. The number of carbonyl (C=O) groups is 1. The number of aryl methyl sites for hydroxylation is 1. The standard InChI is InChI=1S/C28H26N6O3S/c1-19-7-2-3-8-22(19)30-25(35)15-18-33-27(26(31-28(33)38)23-9-4-5-16-29-23)24-10-6-17-32(24)20-11-13-21(14-12-20)34(36)37/h2-14,16-17,26-27H,15,18H2,1H3,(H,30,35)(H,31,38). The number of benzene rings is 2. The summed E-state index contributed by atoms with van der Waals surface area (Å²) in [5, 5.41) is 18.1. The van der Waals surface area contributed by atoms with E-state index >= 15 is 0 Å². The molecule has 192 valence electrons. The average Bonchev–Trinajstić information content (AvgIpc) is 3.53. The number of amides is 1. The Morgan fingerprint density at radius 1 is 1.08 bits per heavy atom. The van der Waals surface area contributed by atoms with Gasteiger partial charge in [0.1, 0.15) is 0 Å². The van der Waals surface area contributed by atoms with E-state index in [-0.39, 0.29) is 30.1 Å². The monoisotopic (exact) mass is 526 g/mol. The molecule has 2 unspecified atom stereocenters. The van der Waals surface area contributed by atoms with Crippen LogP contribution < -0.4 is 10.6 Å². The highest BCUT2D eigenvalue weighted by molar-refractivity contribution is 7.80. The molecule has 0 aliphatic carbocycles. The zero-order chi connectivity index (χ0) is 26.6. The molecule has 0 bridgehead atoms. The van der Waals surface area contributed by atoms with Crippen molar-refractivity contribution in [3.63, 3.8) is 0 Å². The maximum Gasteiger partial charge on any atom is 0.269 e. The second-order valence-corrected chi connectivity index (χ2v) is 9.40. The predicted octanol–water partition coefficient (Wildman–Crippen LogP) is 5.09. The lowest BCUT2D eigenvalue weighted by Gasteiger charge is -2.29. The number of nitrogens with one attached hydrogen (secondary N) is 2. The first-order chi connectivity index (χ1) is 18.4. The number of nitro groups is 1. The zero-order valence-corrected chi connectivity index (χ0v) is 21.5. The third-order valence-electron chi connectivity index (χ3n) is 6.62. The molecule has 1 aliphatic rings. The highest BCUT2D eigenvalue weighted by Crippen LogP contribution is 2.39. The van der Waals surface area contributed by atoms with Crippen LogP contribution in [0.4, 0.5) is 11.4 Å². The van der Waals surface area contributed by atoms with E-state index in [9.17, 15) is 14.9 Å². The van der Waals surface area contributed by atoms with Crippen LogP contribution in [0.2, 0.25) is 0 Å². The van der Waals surface area contributed by atoms with Crippen molar-refractivity contribution in [3.8, 4) is 5.69 Å². The number of non-ortho nitro benzene ring substituents is 1. The molecular weight excluding hydrogens is 500 g/mol. The van der Waals surface area contributed by atoms with E-state index in [1.54, 1.807) is 18.3 Å². The third-order valence-corrected chi connectivity index (χ3v) is 6.97. The van der Waals surface area contributed by atoms with E-state index in [0.717, 1.165) is 28.3 Å². The first kappa shape index (κ1) is 25.1. The average molecular weight is 527 g/mol. The van der Waals surface area contributed by atoms with Crippen LogP contribution in [0, 0.1) is 17.0 Å². The molecule has 2 atom stereocenters. The van der Waals surface area contributed by atoms with Gasteiger partial charge in [0.25, 0.3) is 5.69 Å². The Labute approximate surface area is 225 Å². The van der Waals surface area contributed by atoms with Crippen molar-refractivity contribution in [1.29, 1.82) is 0 Å². The Morgan fingerprint density at radius 2 is 1.84 bits per heavy atom. The molecule has 9 nitrogen and oxygen atoms in total. The summed E-state index contributed by atoms with van der Waals surface area (Å²) in [6.45, 7) is 2.35. The lowest BCUT2D eigenvalue weighted by atomic mass is 10.0. The highest BCUT2D eigenvalue weighted by atomic mass is 32.1. The Morgan fingerprint density at radius 3 is 2.55 bits per heavy atom. The molecule has 0 radical (unpaired) electrons. The van der Waals surface area contributed by atoms with Crippen LogP contribution in [-0.4, -0.2) is 36.9 Å². The summed E-state index contributed by atoms with van der Waals surface area (Å²) in [6.07, 6.45) is 3.89. The van der Waals surface area contributed by atoms with Gasteiger partial charge >= 0.3 is 0 Å². The van der Waals surface area contributed by atoms with Crippen molar-refractivity contribution in [1.82, 2.24) is 19.8 Å². The Kier molecular flexibility index (Phi) is 7.14. The number of rotatable bonds is 8. The van der Waals surface area contributed by atoms with Gasteiger partial charge < -0.3 is 20.1 Å².